The summed E-state index contributed by atoms with van der Waals surface area (Å²) in [5.41, 5.74) is 0. The van der Waals surface area contributed by atoms with Crippen molar-refractivity contribution in [2.24, 2.45) is 0 Å². The van der Waals surface area contributed by atoms with Crippen molar-refractivity contribution in [1.82, 2.24) is 5.32 Å². The predicted octanol–water partition coefficient (Wildman–Crippen LogP) is 3.07. The number of alkyl halides is 4. The second-order valence-corrected chi connectivity index (χ2v) is 4.28. The number of halogens is 4. The summed E-state index contributed by atoms with van der Waals surface area (Å²) in [7, 11) is 0. The van der Waals surface area contributed by atoms with Crippen molar-refractivity contribution < 1.29 is 22.3 Å². The number of nitrogens with one attached hydrogen (secondary N) is 1. The van der Waals surface area contributed by atoms with Gasteiger partial charge in [-0.1, -0.05) is 13.8 Å². The Morgan fingerprint density at radius 1 is 1.12 bits per heavy atom. The molecule has 0 amide bonds. The maximum Gasteiger partial charge on any atom is 0.330 e. The molecule has 0 radical (unpaired) electrons. The second kappa shape index (κ2) is 8.69. The van der Waals surface area contributed by atoms with E-state index in [1.54, 1.807) is 0 Å². The van der Waals surface area contributed by atoms with Crippen molar-refractivity contribution >= 4 is 0 Å². The lowest BCUT2D eigenvalue weighted by atomic mass is 10.2. The van der Waals surface area contributed by atoms with Crippen molar-refractivity contribution in [2.45, 2.75) is 51.5 Å². The van der Waals surface area contributed by atoms with Crippen LogP contribution in [0.1, 0.15) is 33.1 Å². The first-order valence-electron chi connectivity index (χ1n) is 5.83. The molecule has 2 nitrogen and oxygen atoms in total. The molecule has 0 fully saturated rings. The average molecular weight is 259 g/mol. The molecule has 0 aliphatic rings. The van der Waals surface area contributed by atoms with E-state index in [1.165, 1.54) is 0 Å². The van der Waals surface area contributed by atoms with Crippen LogP contribution in [0.25, 0.3) is 0 Å². The Bertz CT molecular complexity index is 188. The molecule has 0 aromatic carbocycles. The molecule has 0 atom stereocenters. The van der Waals surface area contributed by atoms with E-state index in [0.29, 0.717) is 12.5 Å². The van der Waals surface area contributed by atoms with Crippen molar-refractivity contribution in [2.75, 3.05) is 19.8 Å². The quantitative estimate of drug-likeness (QED) is 0.481. The van der Waals surface area contributed by atoms with Crippen LogP contribution in [0.2, 0.25) is 0 Å². The monoisotopic (exact) mass is 259 g/mol. The molecule has 0 bridgehead atoms. The number of unbranched alkanes of at least 4 members (excludes halogenated alkanes) is 2. The van der Waals surface area contributed by atoms with Crippen molar-refractivity contribution in [3.05, 3.63) is 0 Å². The van der Waals surface area contributed by atoms with E-state index in [-0.39, 0.29) is 6.61 Å². The Hall–Kier alpha value is -0.360. The Balaban J connectivity index is 3.30. The van der Waals surface area contributed by atoms with Crippen molar-refractivity contribution in [3.63, 3.8) is 0 Å². The van der Waals surface area contributed by atoms with E-state index in [2.05, 4.69) is 10.1 Å². The molecule has 0 aromatic heterocycles. The molecule has 1 N–H and O–H groups in total. The predicted molar refractivity (Wildman–Crippen MR) is 58.8 cm³/mol. The summed E-state index contributed by atoms with van der Waals surface area (Å²) >= 11 is 0. The summed E-state index contributed by atoms with van der Waals surface area (Å²) in [5.74, 6) is -4.03. The van der Waals surface area contributed by atoms with E-state index >= 15 is 0 Å². The molecule has 104 valence electrons. The highest BCUT2D eigenvalue weighted by Gasteiger charge is 2.40. The van der Waals surface area contributed by atoms with Gasteiger partial charge in [-0.15, -0.1) is 0 Å². The standard InChI is InChI=1S/C11H21F4NO/c1-9(2)16-6-4-3-5-7-17-8-11(14,15)10(12)13/h9-10,16H,3-8H2,1-2H3. The molecule has 17 heavy (non-hydrogen) atoms. The molecule has 6 heteroatoms. The minimum Gasteiger partial charge on any atom is -0.375 e. The Morgan fingerprint density at radius 2 is 1.76 bits per heavy atom. The third-order valence-corrected chi connectivity index (χ3v) is 2.13. The zero-order valence-electron chi connectivity index (χ0n) is 10.3. The summed E-state index contributed by atoms with van der Waals surface area (Å²) in [6, 6.07) is 0.427. The Morgan fingerprint density at radius 3 is 2.29 bits per heavy atom. The van der Waals surface area contributed by atoms with E-state index in [9.17, 15) is 17.6 Å². The fourth-order valence-corrected chi connectivity index (χ4v) is 1.17. The van der Waals surface area contributed by atoms with Crippen molar-refractivity contribution in [1.29, 1.82) is 0 Å². The topological polar surface area (TPSA) is 21.3 Å². The molecule has 0 aliphatic carbocycles. The largest absolute Gasteiger partial charge is 0.375 e. The van der Waals surface area contributed by atoms with E-state index < -0.39 is 19.0 Å². The van der Waals surface area contributed by atoms with Crippen LogP contribution in [0.4, 0.5) is 17.6 Å². The maximum absolute atomic E-state index is 12.4. The first kappa shape index (κ1) is 16.6. The normalized spacial score (nSPS) is 12.7. The first-order valence-corrected chi connectivity index (χ1v) is 5.83. The van der Waals surface area contributed by atoms with Crippen molar-refractivity contribution in [3.8, 4) is 0 Å². The van der Waals surface area contributed by atoms with Gasteiger partial charge < -0.3 is 10.1 Å². The number of hydrogen-bond donors (Lipinski definition) is 1. The zero-order valence-corrected chi connectivity index (χ0v) is 10.3. The highest BCUT2D eigenvalue weighted by Crippen LogP contribution is 2.22. The molecular formula is C11H21F4NO. The number of ether oxygens (including phenoxy) is 1. The summed E-state index contributed by atoms with van der Waals surface area (Å²) < 4.78 is 52.7. The smallest absolute Gasteiger partial charge is 0.330 e. The number of rotatable bonds is 10. The van der Waals surface area contributed by atoms with E-state index in [4.69, 9.17) is 0 Å². The molecule has 0 heterocycles. The Labute approximate surface area is 99.7 Å². The summed E-state index contributed by atoms with van der Waals surface area (Å²) in [6.45, 7) is 3.84. The SMILES string of the molecule is CC(C)NCCCCCOCC(F)(F)C(F)F. The van der Waals surface area contributed by atoms with Crippen LogP contribution < -0.4 is 5.32 Å². The first-order chi connectivity index (χ1) is 7.86. The minimum atomic E-state index is -4.03. The fraction of sp³-hybridized carbons (Fsp3) is 1.00. The molecule has 0 aromatic rings. The summed E-state index contributed by atoms with van der Waals surface area (Å²) in [4.78, 5) is 0. The van der Waals surface area contributed by atoms with Gasteiger partial charge in [0, 0.05) is 12.6 Å². The lowest BCUT2D eigenvalue weighted by molar-refractivity contribution is -0.165. The molecule has 0 spiro atoms. The highest BCUT2D eigenvalue weighted by molar-refractivity contribution is 4.67. The summed E-state index contributed by atoms with van der Waals surface area (Å²) in [5, 5.41) is 3.22. The maximum atomic E-state index is 12.4. The molecule has 0 unspecified atom stereocenters. The lowest BCUT2D eigenvalue weighted by Gasteiger charge is -2.15. The zero-order chi connectivity index (χ0) is 13.3. The van der Waals surface area contributed by atoms with Crippen LogP contribution in [-0.4, -0.2) is 38.1 Å². The molecule has 0 saturated carbocycles. The van der Waals surface area contributed by atoms with Gasteiger partial charge in [-0.05, 0) is 25.8 Å². The van der Waals surface area contributed by atoms with Crippen LogP contribution >= 0.6 is 0 Å². The molecule has 0 aliphatic heterocycles. The van der Waals surface area contributed by atoms with E-state index in [0.717, 1.165) is 19.4 Å². The summed E-state index contributed by atoms with van der Waals surface area (Å²) in [6.07, 6.45) is -1.29. The highest BCUT2D eigenvalue weighted by atomic mass is 19.3. The van der Waals surface area contributed by atoms with Gasteiger partial charge in [0.1, 0.15) is 6.61 Å². The Kier molecular flexibility index (Phi) is 8.51. The average Bonchev–Trinajstić information content (AvgIpc) is 2.21. The van der Waals surface area contributed by atoms with Crippen LogP contribution in [-0.2, 0) is 4.74 Å². The van der Waals surface area contributed by atoms with Gasteiger partial charge in [0.15, 0.2) is 0 Å². The van der Waals surface area contributed by atoms with E-state index in [1.807, 2.05) is 13.8 Å². The number of hydrogen-bond acceptors (Lipinski definition) is 2. The molecule has 0 saturated heterocycles. The molecule has 0 rings (SSSR count). The van der Waals surface area contributed by atoms with Crippen LogP contribution in [0.15, 0.2) is 0 Å². The molecular weight excluding hydrogens is 238 g/mol. The van der Waals surface area contributed by atoms with Gasteiger partial charge in [-0.3, -0.25) is 0 Å². The van der Waals surface area contributed by atoms with Gasteiger partial charge in [0.25, 0.3) is 0 Å². The van der Waals surface area contributed by atoms with Gasteiger partial charge in [0.2, 0.25) is 0 Å². The van der Waals surface area contributed by atoms with Gasteiger partial charge in [0.05, 0.1) is 0 Å². The van der Waals surface area contributed by atoms with Crippen LogP contribution in [0.5, 0.6) is 0 Å². The van der Waals surface area contributed by atoms with Crippen LogP contribution in [0, 0.1) is 0 Å². The minimum absolute atomic E-state index is 0.101. The van der Waals surface area contributed by atoms with Crippen LogP contribution in [0.3, 0.4) is 0 Å². The second-order valence-electron chi connectivity index (χ2n) is 4.28. The van der Waals surface area contributed by atoms with Gasteiger partial charge in [-0.25, -0.2) is 8.78 Å². The fourth-order valence-electron chi connectivity index (χ4n) is 1.17. The van der Waals surface area contributed by atoms with Gasteiger partial charge in [-0.2, -0.15) is 8.78 Å². The van der Waals surface area contributed by atoms with Gasteiger partial charge >= 0.3 is 12.3 Å². The third kappa shape index (κ3) is 9.35. The lowest BCUT2D eigenvalue weighted by Crippen LogP contribution is -2.32. The third-order valence-electron chi connectivity index (χ3n) is 2.13.